The third kappa shape index (κ3) is 1.97. The minimum Gasteiger partial charge on any atom is -0.507 e. The molecule has 68 valence electrons. The molecular weight excluding hydrogens is 194 g/mol. The summed E-state index contributed by atoms with van der Waals surface area (Å²) < 4.78 is 0. The molecule has 13 heavy (non-hydrogen) atoms. The number of carbonyl (C=O) groups is 1. The summed E-state index contributed by atoms with van der Waals surface area (Å²) in [6.45, 7) is 0. The van der Waals surface area contributed by atoms with Crippen LogP contribution in [0.1, 0.15) is 10.4 Å². The Morgan fingerprint density at radius 3 is 2.54 bits per heavy atom. The lowest BCUT2D eigenvalue weighted by molar-refractivity contribution is -0.384. The standard InChI is InChI=1S/C7H5NO4S/c9-6-3-4(8(11)12)1-2-5(6)7(10)13/h1-3,9H,(H,10,13). The first-order valence-electron chi connectivity index (χ1n) is 3.23. The van der Waals surface area contributed by atoms with Crippen molar-refractivity contribution < 1.29 is 14.8 Å². The van der Waals surface area contributed by atoms with Gasteiger partial charge in [-0.2, -0.15) is 0 Å². The number of aromatic hydroxyl groups is 1. The van der Waals surface area contributed by atoms with Crippen LogP contribution in [0.4, 0.5) is 5.69 Å². The molecule has 0 bridgehead atoms. The largest absolute Gasteiger partial charge is 0.507 e. The van der Waals surface area contributed by atoms with Crippen LogP contribution in [0.15, 0.2) is 18.2 Å². The second-order valence-electron chi connectivity index (χ2n) is 2.26. The molecule has 1 rings (SSSR count). The number of carbonyl (C=O) groups excluding carboxylic acids is 1. The molecule has 0 unspecified atom stereocenters. The normalized spacial score (nSPS) is 9.62. The summed E-state index contributed by atoms with van der Waals surface area (Å²) in [6.07, 6.45) is 0. The number of non-ortho nitro benzene ring substituents is 1. The van der Waals surface area contributed by atoms with Crippen molar-refractivity contribution in [3.63, 3.8) is 0 Å². The van der Waals surface area contributed by atoms with E-state index in [2.05, 4.69) is 12.6 Å². The molecule has 1 aromatic carbocycles. The van der Waals surface area contributed by atoms with Gasteiger partial charge in [-0.3, -0.25) is 14.9 Å². The molecule has 0 radical (unpaired) electrons. The van der Waals surface area contributed by atoms with Crippen molar-refractivity contribution in [1.29, 1.82) is 0 Å². The van der Waals surface area contributed by atoms with E-state index >= 15 is 0 Å². The Hall–Kier alpha value is -1.56. The number of benzene rings is 1. The third-order valence-corrected chi connectivity index (χ3v) is 1.66. The van der Waals surface area contributed by atoms with Gasteiger partial charge in [-0.25, -0.2) is 0 Å². The Morgan fingerprint density at radius 1 is 1.54 bits per heavy atom. The Kier molecular flexibility index (Phi) is 2.52. The van der Waals surface area contributed by atoms with Gasteiger partial charge in [0.2, 0.25) is 5.12 Å². The SMILES string of the molecule is O=C(S)c1ccc([N+](=O)[O-])cc1O. The molecule has 6 heteroatoms. The molecule has 1 N–H and O–H groups in total. The van der Waals surface area contributed by atoms with Crippen molar-refractivity contribution in [3.8, 4) is 5.75 Å². The monoisotopic (exact) mass is 199 g/mol. The van der Waals surface area contributed by atoms with E-state index in [1.165, 1.54) is 0 Å². The molecule has 0 aliphatic rings. The molecule has 0 aliphatic heterocycles. The lowest BCUT2D eigenvalue weighted by atomic mass is 10.2. The van der Waals surface area contributed by atoms with E-state index in [1.807, 2.05) is 0 Å². The molecule has 1 aromatic rings. The van der Waals surface area contributed by atoms with Gasteiger partial charge in [-0.05, 0) is 6.07 Å². The number of hydrogen-bond acceptors (Lipinski definition) is 4. The van der Waals surface area contributed by atoms with Gasteiger partial charge >= 0.3 is 0 Å². The van der Waals surface area contributed by atoms with Crippen LogP contribution < -0.4 is 0 Å². The Labute approximate surface area is 78.6 Å². The van der Waals surface area contributed by atoms with E-state index in [0.717, 1.165) is 18.2 Å². The first-order chi connectivity index (χ1) is 6.02. The fraction of sp³-hybridized carbons (Fsp3) is 0. The number of phenols is 1. The predicted molar refractivity (Wildman–Crippen MR) is 48.1 cm³/mol. The highest BCUT2D eigenvalue weighted by Crippen LogP contribution is 2.24. The first-order valence-corrected chi connectivity index (χ1v) is 3.68. The summed E-state index contributed by atoms with van der Waals surface area (Å²) in [5.74, 6) is -0.436. The van der Waals surface area contributed by atoms with Crippen LogP contribution in [0.2, 0.25) is 0 Å². The van der Waals surface area contributed by atoms with Crippen molar-refractivity contribution >= 4 is 23.4 Å². The highest BCUT2D eigenvalue weighted by Gasteiger charge is 2.12. The lowest BCUT2D eigenvalue weighted by Gasteiger charge is -1.98. The average Bonchev–Trinajstić information content (AvgIpc) is 2.03. The molecule has 5 nitrogen and oxygen atoms in total. The number of phenolic OH excluding ortho intramolecular Hbond substituents is 1. The van der Waals surface area contributed by atoms with Gasteiger partial charge in [0.15, 0.2) is 0 Å². The van der Waals surface area contributed by atoms with E-state index in [0.29, 0.717) is 0 Å². The first kappa shape index (κ1) is 9.53. The molecule has 0 aromatic heterocycles. The molecule has 0 atom stereocenters. The van der Waals surface area contributed by atoms with Gasteiger partial charge in [0.05, 0.1) is 16.6 Å². The van der Waals surface area contributed by atoms with E-state index in [4.69, 9.17) is 5.11 Å². The number of nitrogens with zero attached hydrogens (tertiary/aromatic N) is 1. The Bertz CT molecular complexity index is 377. The van der Waals surface area contributed by atoms with Crippen LogP contribution in [0.5, 0.6) is 5.75 Å². The maximum absolute atomic E-state index is 10.7. The van der Waals surface area contributed by atoms with Gasteiger partial charge in [0.25, 0.3) is 5.69 Å². The molecular formula is C7H5NO4S. The number of nitro groups is 1. The van der Waals surface area contributed by atoms with E-state index in [9.17, 15) is 14.9 Å². The second kappa shape index (κ2) is 3.44. The zero-order valence-corrected chi connectivity index (χ0v) is 7.19. The van der Waals surface area contributed by atoms with Gasteiger partial charge in [0, 0.05) is 6.07 Å². The van der Waals surface area contributed by atoms with Crippen molar-refractivity contribution in [3.05, 3.63) is 33.9 Å². The van der Waals surface area contributed by atoms with Crippen LogP contribution in [0.3, 0.4) is 0 Å². The summed E-state index contributed by atoms with van der Waals surface area (Å²) in [5.41, 5.74) is -0.315. The number of nitro benzene ring substituents is 1. The highest BCUT2D eigenvalue weighted by atomic mass is 32.1. The van der Waals surface area contributed by atoms with Crippen molar-refractivity contribution in [1.82, 2.24) is 0 Å². The smallest absolute Gasteiger partial charge is 0.273 e. The number of rotatable bonds is 2. The molecule has 0 saturated heterocycles. The van der Waals surface area contributed by atoms with Crippen LogP contribution in [-0.4, -0.2) is 15.1 Å². The minimum atomic E-state index is -0.660. The number of thiol groups is 1. The maximum atomic E-state index is 10.7. The molecule has 0 saturated carbocycles. The van der Waals surface area contributed by atoms with Gasteiger partial charge < -0.3 is 5.11 Å². The topological polar surface area (TPSA) is 80.4 Å². The molecule has 0 amide bonds. The van der Waals surface area contributed by atoms with Crippen LogP contribution >= 0.6 is 12.6 Å². The van der Waals surface area contributed by atoms with Crippen molar-refractivity contribution in [2.75, 3.05) is 0 Å². The van der Waals surface area contributed by atoms with Gasteiger partial charge in [-0.15, -0.1) is 12.6 Å². The van der Waals surface area contributed by atoms with Crippen LogP contribution in [-0.2, 0) is 0 Å². The van der Waals surface area contributed by atoms with Gasteiger partial charge in [0.1, 0.15) is 5.75 Å². The summed E-state index contributed by atoms with van der Waals surface area (Å²) in [7, 11) is 0. The van der Waals surface area contributed by atoms with Crippen molar-refractivity contribution in [2.24, 2.45) is 0 Å². The van der Waals surface area contributed by atoms with E-state index in [1.54, 1.807) is 0 Å². The van der Waals surface area contributed by atoms with Gasteiger partial charge in [-0.1, -0.05) is 0 Å². The van der Waals surface area contributed by atoms with Crippen LogP contribution in [0, 0.1) is 10.1 Å². The molecule has 0 fully saturated rings. The van der Waals surface area contributed by atoms with E-state index < -0.39 is 15.8 Å². The predicted octanol–water partition coefficient (Wildman–Crippen LogP) is 1.37. The fourth-order valence-corrected chi connectivity index (χ4v) is 1.00. The fourth-order valence-electron chi connectivity index (χ4n) is 0.814. The summed E-state index contributed by atoms with van der Waals surface area (Å²) in [4.78, 5) is 20.2. The number of hydrogen-bond donors (Lipinski definition) is 2. The third-order valence-electron chi connectivity index (χ3n) is 1.42. The zero-order chi connectivity index (χ0) is 10.0. The van der Waals surface area contributed by atoms with E-state index in [-0.39, 0.29) is 11.3 Å². The Morgan fingerprint density at radius 2 is 2.15 bits per heavy atom. The maximum Gasteiger partial charge on any atom is 0.273 e. The van der Waals surface area contributed by atoms with Crippen molar-refractivity contribution in [2.45, 2.75) is 0 Å². The molecule has 0 aliphatic carbocycles. The molecule has 0 spiro atoms. The average molecular weight is 199 g/mol. The summed E-state index contributed by atoms with van der Waals surface area (Å²) in [5, 5.41) is 18.7. The second-order valence-corrected chi connectivity index (χ2v) is 2.67. The lowest BCUT2D eigenvalue weighted by Crippen LogP contribution is -1.92. The molecule has 0 heterocycles. The quantitative estimate of drug-likeness (QED) is 0.428. The minimum absolute atomic E-state index is 0.0473. The zero-order valence-electron chi connectivity index (χ0n) is 6.30. The Balaban J connectivity index is 3.20. The highest BCUT2D eigenvalue weighted by molar-refractivity contribution is 7.97. The summed E-state index contributed by atoms with van der Waals surface area (Å²) in [6, 6.07) is 3.19. The van der Waals surface area contributed by atoms with Crippen LogP contribution in [0.25, 0.3) is 0 Å². The summed E-state index contributed by atoms with van der Waals surface area (Å²) >= 11 is 3.47.